The van der Waals surface area contributed by atoms with Crippen molar-refractivity contribution in [2.45, 2.75) is 0 Å². The van der Waals surface area contributed by atoms with Gasteiger partial charge in [-0.2, -0.15) is 4.36 Å². The highest BCUT2D eigenvalue weighted by atomic mass is 32.2. The van der Waals surface area contributed by atoms with Crippen LogP contribution < -0.4 is 0 Å². The maximum Gasteiger partial charge on any atom is 0.0730 e. The fraction of sp³-hybridized carbons (Fsp3) is 0.250. The molecule has 0 saturated heterocycles. The quantitative estimate of drug-likeness (QED) is 0.632. The van der Waals surface area contributed by atoms with Crippen molar-refractivity contribution in [2.75, 3.05) is 12.5 Å². The van der Waals surface area contributed by atoms with E-state index in [1.807, 2.05) is 30.3 Å². The van der Waals surface area contributed by atoms with Crippen LogP contribution in [-0.2, 0) is 9.73 Å². The molecule has 0 aliphatic rings. The molecule has 0 atom stereocenters. The molecule has 0 aliphatic carbocycles. The SMILES string of the molecule is CS(C)(=O)=Nc1ccccc1. The predicted octanol–water partition coefficient (Wildman–Crippen LogP) is 2.05. The monoisotopic (exact) mass is 169 g/mol. The van der Waals surface area contributed by atoms with E-state index in [0.717, 1.165) is 5.69 Å². The molecular weight excluding hydrogens is 158 g/mol. The second-order valence-corrected chi connectivity index (χ2v) is 5.15. The van der Waals surface area contributed by atoms with Crippen LogP contribution in [0.3, 0.4) is 0 Å². The zero-order valence-electron chi connectivity index (χ0n) is 6.65. The van der Waals surface area contributed by atoms with Gasteiger partial charge in [0.05, 0.1) is 5.69 Å². The predicted molar refractivity (Wildman–Crippen MR) is 48.5 cm³/mol. The number of hydrogen-bond donors (Lipinski definition) is 0. The van der Waals surface area contributed by atoms with Crippen molar-refractivity contribution in [1.82, 2.24) is 0 Å². The van der Waals surface area contributed by atoms with E-state index in [9.17, 15) is 4.21 Å². The molecule has 3 heteroatoms. The van der Waals surface area contributed by atoms with E-state index in [4.69, 9.17) is 0 Å². The average Bonchev–Trinajstić information content (AvgIpc) is 1.85. The summed E-state index contributed by atoms with van der Waals surface area (Å²) in [6, 6.07) is 9.35. The Kier molecular flexibility index (Phi) is 2.29. The lowest BCUT2D eigenvalue weighted by atomic mass is 10.3. The maximum absolute atomic E-state index is 11.2. The molecule has 0 aliphatic heterocycles. The lowest BCUT2D eigenvalue weighted by molar-refractivity contribution is 0.684. The van der Waals surface area contributed by atoms with Crippen molar-refractivity contribution in [2.24, 2.45) is 4.36 Å². The number of nitrogens with zero attached hydrogens (tertiary/aromatic N) is 1. The van der Waals surface area contributed by atoms with Gasteiger partial charge >= 0.3 is 0 Å². The fourth-order valence-corrected chi connectivity index (χ4v) is 1.37. The van der Waals surface area contributed by atoms with Gasteiger partial charge in [-0.3, -0.25) is 0 Å². The third kappa shape index (κ3) is 3.18. The number of rotatable bonds is 1. The van der Waals surface area contributed by atoms with Crippen molar-refractivity contribution in [3.63, 3.8) is 0 Å². The van der Waals surface area contributed by atoms with E-state index in [2.05, 4.69) is 4.36 Å². The van der Waals surface area contributed by atoms with Gasteiger partial charge in [-0.25, -0.2) is 4.21 Å². The summed E-state index contributed by atoms with van der Waals surface area (Å²) in [5.41, 5.74) is 0.780. The Morgan fingerprint density at radius 3 is 2.18 bits per heavy atom. The molecule has 0 bridgehead atoms. The van der Waals surface area contributed by atoms with Crippen LogP contribution in [-0.4, -0.2) is 16.7 Å². The molecule has 2 nitrogen and oxygen atoms in total. The van der Waals surface area contributed by atoms with Crippen LogP contribution in [0.25, 0.3) is 0 Å². The molecule has 0 aromatic heterocycles. The van der Waals surface area contributed by atoms with Crippen molar-refractivity contribution >= 4 is 15.4 Å². The Bertz CT molecular complexity index is 328. The highest BCUT2D eigenvalue weighted by Crippen LogP contribution is 2.11. The standard InChI is InChI=1S/C8H11NOS/c1-11(2,10)9-8-6-4-3-5-7-8/h3-7H,1-2H3. The summed E-state index contributed by atoms with van der Waals surface area (Å²) in [6.45, 7) is 0. The first-order chi connectivity index (χ1) is 5.08. The fourth-order valence-electron chi connectivity index (χ4n) is 0.743. The van der Waals surface area contributed by atoms with Gasteiger partial charge in [0.2, 0.25) is 0 Å². The highest BCUT2D eigenvalue weighted by molar-refractivity contribution is 7.92. The molecule has 1 aromatic rings. The second kappa shape index (κ2) is 3.05. The minimum absolute atomic E-state index is 0.780. The van der Waals surface area contributed by atoms with Crippen LogP contribution >= 0.6 is 0 Å². The zero-order valence-corrected chi connectivity index (χ0v) is 7.47. The molecular formula is C8H11NOS. The van der Waals surface area contributed by atoms with Crippen LogP contribution in [0, 0.1) is 0 Å². The summed E-state index contributed by atoms with van der Waals surface area (Å²) in [4.78, 5) is 0. The first-order valence-corrected chi connectivity index (χ1v) is 5.63. The van der Waals surface area contributed by atoms with E-state index >= 15 is 0 Å². The first kappa shape index (κ1) is 8.27. The van der Waals surface area contributed by atoms with Gasteiger partial charge in [0.1, 0.15) is 0 Å². The molecule has 1 rings (SSSR count). The van der Waals surface area contributed by atoms with Gasteiger partial charge in [0.15, 0.2) is 0 Å². The molecule has 0 saturated carbocycles. The Hall–Kier alpha value is -0.830. The first-order valence-electron chi connectivity index (χ1n) is 3.30. The molecule has 0 radical (unpaired) electrons. The molecule has 1 aromatic carbocycles. The van der Waals surface area contributed by atoms with Gasteiger partial charge in [-0.15, -0.1) is 0 Å². The summed E-state index contributed by atoms with van der Waals surface area (Å²) < 4.78 is 15.2. The number of benzene rings is 1. The summed E-state index contributed by atoms with van der Waals surface area (Å²) in [7, 11) is -2.00. The van der Waals surface area contributed by atoms with E-state index in [1.54, 1.807) is 12.5 Å². The molecule has 11 heavy (non-hydrogen) atoms. The summed E-state index contributed by atoms with van der Waals surface area (Å²) in [5, 5.41) is 0. The normalized spacial score (nSPS) is 11.1. The average molecular weight is 169 g/mol. The van der Waals surface area contributed by atoms with E-state index in [1.165, 1.54) is 0 Å². The van der Waals surface area contributed by atoms with Crippen LogP contribution in [0.5, 0.6) is 0 Å². The third-order valence-corrected chi connectivity index (χ3v) is 1.73. The lowest BCUT2D eigenvalue weighted by Crippen LogP contribution is -1.88. The van der Waals surface area contributed by atoms with Crippen LogP contribution in [0.2, 0.25) is 0 Å². The Morgan fingerprint density at radius 2 is 1.73 bits per heavy atom. The second-order valence-electron chi connectivity index (χ2n) is 2.61. The zero-order chi connectivity index (χ0) is 8.32. The van der Waals surface area contributed by atoms with Crippen molar-refractivity contribution in [3.8, 4) is 0 Å². The van der Waals surface area contributed by atoms with Crippen LogP contribution in [0.4, 0.5) is 5.69 Å². The Morgan fingerprint density at radius 1 is 1.18 bits per heavy atom. The minimum Gasteiger partial charge on any atom is -0.250 e. The summed E-state index contributed by atoms with van der Waals surface area (Å²) in [5.74, 6) is 0. The van der Waals surface area contributed by atoms with Gasteiger partial charge in [0, 0.05) is 22.2 Å². The summed E-state index contributed by atoms with van der Waals surface area (Å²) in [6.07, 6.45) is 3.25. The van der Waals surface area contributed by atoms with E-state index in [-0.39, 0.29) is 0 Å². The molecule has 0 unspecified atom stereocenters. The van der Waals surface area contributed by atoms with Crippen molar-refractivity contribution in [1.29, 1.82) is 0 Å². The molecule has 0 amide bonds. The molecule has 0 heterocycles. The summed E-state index contributed by atoms with van der Waals surface area (Å²) >= 11 is 0. The highest BCUT2D eigenvalue weighted by Gasteiger charge is 1.89. The van der Waals surface area contributed by atoms with Gasteiger partial charge in [-0.05, 0) is 12.1 Å². The lowest BCUT2D eigenvalue weighted by Gasteiger charge is -1.94. The smallest absolute Gasteiger partial charge is 0.0730 e. The van der Waals surface area contributed by atoms with Crippen molar-refractivity contribution in [3.05, 3.63) is 30.3 Å². The van der Waals surface area contributed by atoms with Gasteiger partial charge in [0.25, 0.3) is 0 Å². The Labute approximate surface area is 67.4 Å². The topological polar surface area (TPSA) is 29.4 Å². The largest absolute Gasteiger partial charge is 0.250 e. The minimum atomic E-state index is -2.00. The molecule has 0 fully saturated rings. The number of hydrogen-bond acceptors (Lipinski definition) is 2. The van der Waals surface area contributed by atoms with Crippen LogP contribution in [0.15, 0.2) is 34.7 Å². The van der Waals surface area contributed by atoms with Crippen molar-refractivity contribution < 1.29 is 4.21 Å². The van der Waals surface area contributed by atoms with E-state index < -0.39 is 9.73 Å². The third-order valence-electron chi connectivity index (χ3n) is 1.08. The van der Waals surface area contributed by atoms with E-state index in [0.29, 0.717) is 0 Å². The molecule has 0 N–H and O–H groups in total. The van der Waals surface area contributed by atoms with Crippen LogP contribution in [0.1, 0.15) is 0 Å². The maximum atomic E-state index is 11.2. The molecule has 0 spiro atoms. The Balaban J connectivity index is 3.08. The molecule has 60 valence electrons. The van der Waals surface area contributed by atoms with Gasteiger partial charge < -0.3 is 0 Å². The van der Waals surface area contributed by atoms with Gasteiger partial charge in [-0.1, -0.05) is 18.2 Å².